The molecule has 0 bridgehead atoms. The molecule has 3 nitrogen and oxygen atoms in total. The topological polar surface area (TPSA) is 23.0 Å². The van der Waals surface area contributed by atoms with Crippen LogP contribution in [-0.4, -0.2) is 32.2 Å². The summed E-state index contributed by atoms with van der Waals surface area (Å²) in [6.07, 6.45) is 9.92. The van der Waals surface area contributed by atoms with Gasteiger partial charge in [0.2, 0.25) is 0 Å². The molecular weight excluding hydrogens is 222 g/mol. The number of hydrogen-bond acceptors (Lipinski definition) is 0. The van der Waals surface area contributed by atoms with Gasteiger partial charge in [-0.15, -0.1) is 0 Å². The van der Waals surface area contributed by atoms with E-state index in [4.69, 9.17) is 0 Å². The van der Waals surface area contributed by atoms with Crippen molar-refractivity contribution >= 4 is 0 Å². The van der Waals surface area contributed by atoms with Gasteiger partial charge in [0.15, 0.2) is 12.4 Å². The molecule has 2 fully saturated rings. The normalized spacial score (nSPS) is 29.6. The van der Waals surface area contributed by atoms with Crippen LogP contribution in [0.3, 0.4) is 0 Å². The van der Waals surface area contributed by atoms with E-state index in [0.29, 0.717) is 0 Å². The number of quaternary nitrogens is 2. The lowest BCUT2D eigenvalue weighted by atomic mass is 10.0. The Morgan fingerprint density at radius 1 is 1.11 bits per heavy atom. The first-order valence-corrected chi connectivity index (χ1v) is 7.55. The highest BCUT2D eigenvalue weighted by atomic mass is 15.2. The maximum Gasteiger partial charge on any atom is 0.175 e. The van der Waals surface area contributed by atoms with Gasteiger partial charge < -0.3 is 9.80 Å². The summed E-state index contributed by atoms with van der Waals surface area (Å²) in [5, 5.41) is 0. The molecule has 3 rings (SSSR count). The van der Waals surface area contributed by atoms with Crippen molar-refractivity contribution in [3.63, 3.8) is 0 Å². The maximum atomic E-state index is 3.19. The molecule has 2 aliphatic rings. The minimum Gasteiger partial charge on any atom is -0.332 e. The van der Waals surface area contributed by atoms with E-state index in [1.807, 2.05) is 11.1 Å². The number of H-pyrrole nitrogens is 1. The highest BCUT2D eigenvalue weighted by Crippen LogP contribution is 2.00. The molecule has 0 atom stereocenters. The number of likely N-dealkylation sites (tertiary alicyclic amines) is 2. The van der Waals surface area contributed by atoms with E-state index in [1.165, 1.54) is 64.0 Å². The Labute approximate surface area is 110 Å². The molecule has 0 radical (unpaired) electrons. The molecule has 2 aliphatic heterocycles. The SMILES string of the molecule is c1c[nH+]cc(C[NH+]2CCC([NH+]3CCCC3)CC2)c1. The molecule has 1 aromatic rings. The Balaban J connectivity index is 1.48. The van der Waals surface area contributed by atoms with E-state index in [1.54, 1.807) is 4.90 Å². The predicted octanol–water partition coefficient (Wildman–Crippen LogP) is -1.27. The van der Waals surface area contributed by atoms with Gasteiger partial charge >= 0.3 is 0 Å². The molecule has 3 heterocycles. The number of piperidine rings is 1. The summed E-state index contributed by atoms with van der Waals surface area (Å²) >= 11 is 0. The van der Waals surface area contributed by atoms with Crippen molar-refractivity contribution in [2.45, 2.75) is 38.3 Å². The van der Waals surface area contributed by atoms with Gasteiger partial charge in [-0.2, -0.15) is 0 Å². The van der Waals surface area contributed by atoms with Gasteiger partial charge in [-0.3, -0.25) is 0 Å². The van der Waals surface area contributed by atoms with E-state index < -0.39 is 0 Å². The van der Waals surface area contributed by atoms with Gasteiger partial charge in [0.05, 0.1) is 37.8 Å². The van der Waals surface area contributed by atoms with E-state index in [2.05, 4.69) is 23.3 Å². The second kappa shape index (κ2) is 5.81. The Morgan fingerprint density at radius 2 is 1.89 bits per heavy atom. The molecule has 0 aliphatic carbocycles. The quantitative estimate of drug-likeness (QED) is 0.666. The van der Waals surface area contributed by atoms with Crippen LogP contribution in [0.15, 0.2) is 24.5 Å². The Bertz CT molecular complexity index is 351. The van der Waals surface area contributed by atoms with Crippen molar-refractivity contribution in [1.82, 2.24) is 0 Å². The Hall–Kier alpha value is -0.930. The molecule has 18 heavy (non-hydrogen) atoms. The molecular formula is C15H26N3+3. The van der Waals surface area contributed by atoms with Gasteiger partial charge in [-0.1, -0.05) is 0 Å². The molecule has 0 spiro atoms. The zero-order valence-electron chi connectivity index (χ0n) is 11.3. The van der Waals surface area contributed by atoms with Crippen LogP contribution < -0.4 is 14.8 Å². The number of hydrogen-bond donors (Lipinski definition) is 2. The molecule has 0 unspecified atom stereocenters. The van der Waals surface area contributed by atoms with Crippen LogP contribution in [0.25, 0.3) is 0 Å². The number of rotatable bonds is 3. The number of aromatic amines is 1. The van der Waals surface area contributed by atoms with E-state index >= 15 is 0 Å². The molecule has 0 saturated carbocycles. The third-order valence-electron chi connectivity index (χ3n) is 4.74. The molecule has 3 heteroatoms. The number of nitrogens with one attached hydrogen (secondary N) is 3. The smallest absolute Gasteiger partial charge is 0.175 e. The van der Waals surface area contributed by atoms with Crippen LogP contribution in [0.5, 0.6) is 0 Å². The van der Waals surface area contributed by atoms with Crippen molar-refractivity contribution in [2.24, 2.45) is 0 Å². The van der Waals surface area contributed by atoms with Gasteiger partial charge in [0.1, 0.15) is 6.54 Å². The van der Waals surface area contributed by atoms with Crippen molar-refractivity contribution in [3.8, 4) is 0 Å². The van der Waals surface area contributed by atoms with E-state index in [9.17, 15) is 0 Å². The lowest BCUT2D eigenvalue weighted by Crippen LogP contribution is -3.19. The number of pyridine rings is 1. The van der Waals surface area contributed by atoms with Crippen molar-refractivity contribution < 1.29 is 14.8 Å². The fraction of sp³-hybridized carbons (Fsp3) is 0.667. The minimum absolute atomic E-state index is 0.971. The van der Waals surface area contributed by atoms with Crippen LogP contribution in [0.4, 0.5) is 0 Å². The van der Waals surface area contributed by atoms with Gasteiger partial charge in [0, 0.05) is 31.7 Å². The summed E-state index contributed by atoms with van der Waals surface area (Å²) in [4.78, 5) is 6.86. The number of aromatic nitrogens is 1. The molecule has 1 aromatic heterocycles. The second-order valence-electron chi connectivity index (χ2n) is 5.98. The maximum absolute atomic E-state index is 3.19. The first-order chi connectivity index (χ1) is 8.92. The highest BCUT2D eigenvalue weighted by molar-refractivity contribution is 5.02. The van der Waals surface area contributed by atoms with Crippen LogP contribution >= 0.6 is 0 Å². The Kier molecular flexibility index (Phi) is 3.91. The van der Waals surface area contributed by atoms with E-state index in [-0.39, 0.29) is 0 Å². The standard InChI is InChI=1S/C15H23N3/c1-2-9-18(8-1)15-5-10-17(11-6-15)13-14-4-3-7-16-12-14/h3-4,7,12,15H,1-2,5-6,8-11,13H2/p+3. The summed E-state index contributed by atoms with van der Waals surface area (Å²) in [7, 11) is 0. The highest BCUT2D eigenvalue weighted by Gasteiger charge is 2.31. The summed E-state index contributed by atoms with van der Waals surface area (Å²) in [5.41, 5.74) is 1.44. The van der Waals surface area contributed by atoms with Crippen molar-refractivity contribution in [1.29, 1.82) is 0 Å². The van der Waals surface area contributed by atoms with Crippen LogP contribution in [0.2, 0.25) is 0 Å². The summed E-state index contributed by atoms with van der Waals surface area (Å²) in [6, 6.07) is 5.32. The van der Waals surface area contributed by atoms with Crippen LogP contribution in [0.1, 0.15) is 31.2 Å². The largest absolute Gasteiger partial charge is 0.332 e. The van der Waals surface area contributed by atoms with Crippen LogP contribution in [-0.2, 0) is 6.54 Å². The fourth-order valence-corrected chi connectivity index (χ4v) is 3.68. The van der Waals surface area contributed by atoms with Gasteiger partial charge in [-0.05, 0) is 6.07 Å². The van der Waals surface area contributed by atoms with Gasteiger partial charge in [-0.25, -0.2) is 4.98 Å². The minimum atomic E-state index is 0.971. The molecule has 0 aromatic carbocycles. The predicted molar refractivity (Wildman–Crippen MR) is 70.4 cm³/mol. The summed E-state index contributed by atoms with van der Waals surface area (Å²) < 4.78 is 0. The zero-order chi connectivity index (χ0) is 12.2. The van der Waals surface area contributed by atoms with Crippen molar-refractivity contribution in [3.05, 3.63) is 30.1 Å². The zero-order valence-corrected chi connectivity index (χ0v) is 11.3. The lowest BCUT2D eigenvalue weighted by Gasteiger charge is -2.32. The first-order valence-electron chi connectivity index (χ1n) is 7.55. The molecule has 3 N–H and O–H groups in total. The monoisotopic (exact) mass is 248 g/mol. The molecule has 2 saturated heterocycles. The third kappa shape index (κ3) is 2.90. The van der Waals surface area contributed by atoms with E-state index in [0.717, 1.165) is 6.04 Å². The summed E-state index contributed by atoms with van der Waals surface area (Å²) in [5.74, 6) is 0. The van der Waals surface area contributed by atoms with Gasteiger partial charge in [0.25, 0.3) is 0 Å². The van der Waals surface area contributed by atoms with Crippen molar-refractivity contribution in [2.75, 3.05) is 26.2 Å². The molecule has 98 valence electrons. The molecule has 0 amide bonds. The average molecular weight is 248 g/mol. The third-order valence-corrected chi connectivity index (χ3v) is 4.74. The Morgan fingerprint density at radius 3 is 2.56 bits per heavy atom. The average Bonchev–Trinajstić information content (AvgIpc) is 2.95. The summed E-state index contributed by atoms with van der Waals surface area (Å²) in [6.45, 7) is 6.80. The fourth-order valence-electron chi connectivity index (χ4n) is 3.68. The van der Waals surface area contributed by atoms with Crippen LogP contribution in [0, 0.1) is 0 Å². The lowest BCUT2D eigenvalue weighted by molar-refractivity contribution is -0.957. The first kappa shape index (κ1) is 12.1. The second-order valence-corrected chi connectivity index (χ2v) is 5.98.